The highest BCUT2D eigenvalue weighted by Crippen LogP contribution is 2.17. The third kappa shape index (κ3) is 4.45. The summed E-state index contributed by atoms with van der Waals surface area (Å²) in [6.45, 7) is 5.05. The molecule has 1 aromatic rings. The van der Waals surface area contributed by atoms with Crippen LogP contribution < -0.4 is 4.74 Å². The second-order valence-electron chi connectivity index (χ2n) is 6.42. The SMILES string of the molecule is CN1CCCN(C(=O)c2ccc(OCC3CCCO3)cc2)CC1. The molecule has 0 saturated carbocycles. The van der Waals surface area contributed by atoms with Gasteiger partial charge in [-0.1, -0.05) is 0 Å². The fraction of sp³-hybridized carbons (Fsp3) is 0.611. The first-order chi connectivity index (χ1) is 11.2. The summed E-state index contributed by atoms with van der Waals surface area (Å²) >= 11 is 0. The Labute approximate surface area is 138 Å². The van der Waals surface area contributed by atoms with Gasteiger partial charge in [0.15, 0.2) is 0 Å². The molecule has 2 fully saturated rings. The van der Waals surface area contributed by atoms with Gasteiger partial charge in [-0.15, -0.1) is 0 Å². The molecule has 0 spiro atoms. The van der Waals surface area contributed by atoms with Gasteiger partial charge in [-0.25, -0.2) is 0 Å². The van der Waals surface area contributed by atoms with Crippen LogP contribution in [0.4, 0.5) is 0 Å². The van der Waals surface area contributed by atoms with Gasteiger partial charge in [0.05, 0.1) is 6.10 Å². The van der Waals surface area contributed by atoms with E-state index in [9.17, 15) is 4.79 Å². The minimum Gasteiger partial charge on any atom is -0.491 e. The number of amides is 1. The van der Waals surface area contributed by atoms with Crippen molar-refractivity contribution in [3.63, 3.8) is 0 Å². The number of hydrogen-bond acceptors (Lipinski definition) is 4. The van der Waals surface area contributed by atoms with Crippen LogP contribution in [0, 0.1) is 0 Å². The average molecular weight is 318 g/mol. The minimum absolute atomic E-state index is 0.117. The fourth-order valence-corrected chi connectivity index (χ4v) is 3.09. The monoisotopic (exact) mass is 318 g/mol. The van der Waals surface area contributed by atoms with Crippen molar-refractivity contribution >= 4 is 5.91 Å². The Bertz CT molecular complexity index is 512. The molecular formula is C18H26N2O3. The number of hydrogen-bond donors (Lipinski definition) is 0. The maximum atomic E-state index is 12.6. The molecule has 1 amide bonds. The topological polar surface area (TPSA) is 42.0 Å². The van der Waals surface area contributed by atoms with Gasteiger partial charge in [-0.2, -0.15) is 0 Å². The van der Waals surface area contributed by atoms with Gasteiger partial charge in [0.2, 0.25) is 0 Å². The molecule has 1 unspecified atom stereocenters. The first-order valence-corrected chi connectivity index (χ1v) is 8.54. The lowest BCUT2D eigenvalue weighted by molar-refractivity contribution is 0.0678. The van der Waals surface area contributed by atoms with E-state index in [1.807, 2.05) is 29.2 Å². The second-order valence-corrected chi connectivity index (χ2v) is 6.42. The quantitative estimate of drug-likeness (QED) is 0.852. The second kappa shape index (κ2) is 7.79. The van der Waals surface area contributed by atoms with Crippen LogP contribution in [0.3, 0.4) is 0 Å². The molecule has 2 aliphatic rings. The summed E-state index contributed by atoms with van der Waals surface area (Å²) in [7, 11) is 2.11. The van der Waals surface area contributed by atoms with Crippen LogP contribution in [-0.4, -0.2) is 68.3 Å². The average Bonchev–Trinajstić information content (AvgIpc) is 3.00. The van der Waals surface area contributed by atoms with Crippen molar-refractivity contribution in [1.29, 1.82) is 0 Å². The molecule has 0 bridgehead atoms. The lowest BCUT2D eigenvalue weighted by atomic mass is 10.2. The molecular weight excluding hydrogens is 292 g/mol. The maximum Gasteiger partial charge on any atom is 0.253 e. The van der Waals surface area contributed by atoms with E-state index in [2.05, 4.69) is 11.9 Å². The Hall–Kier alpha value is -1.59. The molecule has 5 nitrogen and oxygen atoms in total. The predicted molar refractivity (Wildman–Crippen MR) is 88.9 cm³/mol. The van der Waals surface area contributed by atoms with E-state index in [-0.39, 0.29) is 12.0 Å². The Morgan fingerprint density at radius 2 is 2.00 bits per heavy atom. The van der Waals surface area contributed by atoms with Crippen LogP contribution >= 0.6 is 0 Å². The largest absolute Gasteiger partial charge is 0.491 e. The molecule has 0 radical (unpaired) electrons. The smallest absolute Gasteiger partial charge is 0.253 e. The van der Waals surface area contributed by atoms with Crippen LogP contribution in [0.5, 0.6) is 5.75 Å². The molecule has 3 rings (SSSR count). The van der Waals surface area contributed by atoms with Gasteiger partial charge >= 0.3 is 0 Å². The summed E-state index contributed by atoms with van der Waals surface area (Å²) in [5.74, 6) is 0.915. The minimum atomic E-state index is 0.117. The normalized spacial score (nSPS) is 22.8. The summed E-state index contributed by atoms with van der Waals surface area (Å²) in [6.07, 6.45) is 3.43. The molecule has 0 aliphatic carbocycles. The zero-order valence-corrected chi connectivity index (χ0v) is 13.9. The first-order valence-electron chi connectivity index (χ1n) is 8.54. The Morgan fingerprint density at radius 3 is 2.74 bits per heavy atom. The van der Waals surface area contributed by atoms with E-state index in [1.54, 1.807) is 0 Å². The standard InChI is InChI=1S/C18H26N2O3/c1-19-9-3-10-20(12-11-19)18(21)15-5-7-16(8-6-15)23-14-17-4-2-13-22-17/h5-8,17H,2-4,9-14H2,1H3. The Balaban J connectivity index is 1.54. The highest BCUT2D eigenvalue weighted by Gasteiger charge is 2.19. The fourth-order valence-electron chi connectivity index (χ4n) is 3.09. The Kier molecular flexibility index (Phi) is 5.51. The van der Waals surface area contributed by atoms with Gasteiger partial charge in [0.1, 0.15) is 12.4 Å². The van der Waals surface area contributed by atoms with Crippen molar-refractivity contribution < 1.29 is 14.3 Å². The van der Waals surface area contributed by atoms with E-state index >= 15 is 0 Å². The van der Waals surface area contributed by atoms with Crippen molar-refractivity contribution in [2.24, 2.45) is 0 Å². The van der Waals surface area contributed by atoms with Gasteiger partial charge in [-0.3, -0.25) is 4.79 Å². The molecule has 0 N–H and O–H groups in total. The molecule has 23 heavy (non-hydrogen) atoms. The van der Waals surface area contributed by atoms with E-state index in [1.165, 1.54) is 0 Å². The Morgan fingerprint density at radius 1 is 1.17 bits per heavy atom. The van der Waals surface area contributed by atoms with Gasteiger partial charge in [0, 0.05) is 31.8 Å². The summed E-state index contributed by atoms with van der Waals surface area (Å²) in [6, 6.07) is 7.49. The number of carbonyl (C=O) groups is 1. The van der Waals surface area contributed by atoms with Gasteiger partial charge in [-0.05, 0) is 57.1 Å². The lowest BCUT2D eigenvalue weighted by Gasteiger charge is -2.20. The first kappa shape index (κ1) is 16.3. The molecule has 5 heteroatoms. The number of rotatable bonds is 4. The van der Waals surface area contributed by atoms with Crippen LogP contribution in [0.2, 0.25) is 0 Å². The molecule has 1 aromatic carbocycles. The third-order valence-electron chi connectivity index (χ3n) is 4.57. The van der Waals surface area contributed by atoms with E-state index < -0.39 is 0 Å². The summed E-state index contributed by atoms with van der Waals surface area (Å²) < 4.78 is 11.3. The van der Waals surface area contributed by atoms with E-state index in [4.69, 9.17) is 9.47 Å². The highest BCUT2D eigenvalue weighted by atomic mass is 16.5. The molecule has 2 aliphatic heterocycles. The summed E-state index contributed by atoms with van der Waals surface area (Å²) in [4.78, 5) is 16.8. The number of carbonyl (C=O) groups excluding carboxylic acids is 1. The van der Waals surface area contributed by atoms with Crippen LogP contribution in [0.1, 0.15) is 29.6 Å². The zero-order chi connectivity index (χ0) is 16.1. The van der Waals surface area contributed by atoms with Gasteiger partial charge in [0.25, 0.3) is 5.91 Å². The van der Waals surface area contributed by atoms with Crippen molar-refractivity contribution in [1.82, 2.24) is 9.80 Å². The van der Waals surface area contributed by atoms with Crippen molar-refractivity contribution in [3.8, 4) is 5.75 Å². The molecule has 0 aromatic heterocycles. The van der Waals surface area contributed by atoms with Crippen LogP contribution in [0.15, 0.2) is 24.3 Å². The summed E-state index contributed by atoms with van der Waals surface area (Å²) in [5, 5.41) is 0. The van der Waals surface area contributed by atoms with Crippen molar-refractivity contribution in [2.75, 3.05) is 46.4 Å². The molecule has 2 saturated heterocycles. The van der Waals surface area contributed by atoms with Gasteiger partial charge < -0.3 is 19.3 Å². The molecule has 126 valence electrons. The lowest BCUT2D eigenvalue weighted by Crippen LogP contribution is -2.34. The van der Waals surface area contributed by atoms with Crippen LogP contribution in [0.25, 0.3) is 0 Å². The maximum absolute atomic E-state index is 12.6. The molecule has 2 heterocycles. The highest BCUT2D eigenvalue weighted by molar-refractivity contribution is 5.94. The van der Waals surface area contributed by atoms with Crippen molar-refractivity contribution in [2.45, 2.75) is 25.4 Å². The predicted octanol–water partition coefficient (Wildman–Crippen LogP) is 2.02. The van der Waals surface area contributed by atoms with E-state index in [0.717, 1.165) is 63.4 Å². The number of benzene rings is 1. The third-order valence-corrected chi connectivity index (χ3v) is 4.57. The number of ether oxygens (including phenoxy) is 2. The zero-order valence-electron chi connectivity index (χ0n) is 13.9. The number of likely N-dealkylation sites (N-methyl/N-ethyl adjacent to an activating group) is 1. The van der Waals surface area contributed by atoms with Crippen LogP contribution in [-0.2, 0) is 4.74 Å². The number of nitrogens with zero attached hydrogens (tertiary/aromatic N) is 2. The van der Waals surface area contributed by atoms with Crippen molar-refractivity contribution in [3.05, 3.63) is 29.8 Å². The summed E-state index contributed by atoms with van der Waals surface area (Å²) in [5.41, 5.74) is 0.735. The van der Waals surface area contributed by atoms with E-state index in [0.29, 0.717) is 6.61 Å². The molecule has 1 atom stereocenters.